The van der Waals surface area contributed by atoms with E-state index in [1.54, 1.807) is 12.1 Å². The van der Waals surface area contributed by atoms with Gasteiger partial charge in [-0.25, -0.2) is 8.78 Å². The fourth-order valence-electron chi connectivity index (χ4n) is 2.56. The molecule has 2 N–H and O–H groups in total. The van der Waals surface area contributed by atoms with Gasteiger partial charge in [-0.1, -0.05) is 0 Å². The number of phenolic OH excluding ortho intramolecular Hbond substituents is 1. The number of benzene rings is 1. The van der Waals surface area contributed by atoms with Crippen LogP contribution in [0.1, 0.15) is 18.0 Å². The molecule has 0 amide bonds. The van der Waals surface area contributed by atoms with Crippen LogP contribution in [0.25, 0.3) is 0 Å². The van der Waals surface area contributed by atoms with Crippen molar-refractivity contribution in [2.75, 3.05) is 33.3 Å². The second-order valence-corrected chi connectivity index (χ2v) is 4.85. The second-order valence-electron chi connectivity index (χ2n) is 4.85. The van der Waals surface area contributed by atoms with Crippen molar-refractivity contribution in [2.24, 2.45) is 0 Å². The second kappa shape index (κ2) is 8.36. The standard InChI is InChI=1S/C14H20F2N2O2.ClH/c1-20-10-2-3-13(19)11(8-10)12(9-14(15)16)18-6-4-17-5-7-18;/h2-3,8,12,14,17,19H,4-7,9H2,1H3;1H/t12-;/m0./s1. The van der Waals surface area contributed by atoms with Gasteiger partial charge >= 0.3 is 0 Å². The number of piperazine rings is 1. The number of rotatable bonds is 5. The van der Waals surface area contributed by atoms with Gasteiger partial charge in [0.25, 0.3) is 0 Å². The molecule has 1 aliphatic heterocycles. The Bertz CT molecular complexity index is 443. The normalized spacial score (nSPS) is 17.3. The van der Waals surface area contributed by atoms with Gasteiger partial charge in [0.05, 0.1) is 7.11 Å². The molecule has 0 unspecified atom stereocenters. The van der Waals surface area contributed by atoms with E-state index in [0.717, 1.165) is 13.1 Å². The third-order valence-electron chi connectivity index (χ3n) is 3.59. The lowest BCUT2D eigenvalue weighted by atomic mass is 10.00. The number of nitrogens with one attached hydrogen (secondary N) is 1. The van der Waals surface area contributed by atoms with Crippen molar-refractivity contribution in [1.82, 2.24) is 10.2 Å². The molecule has 1 aliphatic rings. The molecule has 7 heteroatoms. The van der Waals surface area contributed by atoms with Crippen molar-refractivity contribution < 1.29 is 18.6 Å². The number of phenols is 1. The lowest BCUT2D eigenvalue weighted by molar-refractivity contribution is 0.0729. The Balaban J connectivity index is 0.00000220. The summed E-state index contributed by atoms with van der Waals surface area (Å²) in [4.78, 5) is 1.98. The molecule has 0 radical (unpaired) electrons. The zero-order valence-electron chi connectivity index (χ0n) is 11.9. The van der Waals surface area contributed by atoms with E-state index in [-0.39, 0.29) is 24.6 Å². The number of ether oxygens (including phenoxy) is 1. The number of hydrogen-bond acceptors (Lipinski definition) is 4. The highest BCUT2D eigenvalue weighted by molar-refractivity contribution is 5.85. The quantitative estimate of drug-likeness (QED) is 0.874. The molecular weight excluding hydrogens is 302 g/mol. The first-order chi connectivity index (χ1) is 9.61. The lowest BCUT2D eigenvalue weighted by Crippen LogP contribution is -2.45. The first-order valence-corrected chi connectivity index (χ1v) is 6.71. The lowest BCUT2D eigenvalue weighted by Gasteiger charge is -2.35. The van der Waals surface area contributed by atoms with Crippen molar-refractivity contribution in [3.8, 4) is 11.5 Å². The third kappa shape index (κ3) is 4.69. The van der Waals surface area contributed by atoms with Crippen LogP contribution in [-0.2, 0) is 0 Å². The number of aromatic hydroxyl groups is 1. The first kappa shape index (κ1) is 17.9. The molecule has 4 nitrogen and oxygen atoms in total. The summed E-state index contributed by atoms with van der Waals surface area (Å²) in [5, 5.41) is 13.2. The minimum Gasteiger partial charge on any atom is -0.508 e. The molecule has 0 spiro atoms. The fourth-order valence-corrected chi connectivity index (χ4v) is 2.56. The summed E-state index contributed by atoms with van der Waals surface area (Å²) in [5.41, 5.74) is 0.506. The van der Waals surface area contributed by atoms with Gasteiger partial charge in [0, 0.05) is 44.2 Å². The average molecular weight is 323 g/mol. The van der Waals surface area contributed by atoms with Gasteiger partial charge in [-0.05, 0) is 18.2 Å². The van der Waals surface area contributed by atoms with E-state index < -0.39 is 12.5 Å². The third-order valence-corrected chi connectivity index (χ3v) is 3.59. The van der Waals surface area contributed by atoms with Crippen LogP contribution in [0, 0.1) is 0 Å². The zero-order valence-corrected chi connectivity index (χ0v) is 12.7. The van der Waals surface area contributed by atoms with Crippen LogP contribution in [0.5, 0.6) is 11.5 Å². The zero-order chi connectivity index (χ0) is 14.5. The monoisotopic (exact) mass is 322 g/mol. The molecular formula is C14H21ClF2N2O2. The van der Waals surface area contributed by atoms with Gasteiger partial charge < -0.3 is 15.2 Å². The fraction of sp³-hybridized carbons (Fsp3) is 0.571. The maximum atomic E-state index is 12.9. The number of methoxy groups -OCH3 is 1. The molecule has 21 heavy (non-hydrogen) atoms. The molecule has 0 aliphatic carbocycles. The number of hydrogen-bond donors (Lipinski definition) is 2. The summed E-state index contributed by atoms with van der Waals surface area (Å²) < 4.78 is 30.9. The van der Waals surface area contributed by atoms with E-state index in [1.807, 2.05) is 4.90 Å². The van der Waals surface area contributed by atoms with E-state index in [2.05, 4.69) is 5.32 Å². The number of alkyl halides is 2. The van der Waals surface area contributed by atoms with Gasteiger partial charge in [0.15, 0.2) is 0 Å². The minimum atomic E-state index is -2.42. The van der Waals surface area contributed by atoms with Gasteiger partial charge in [-0.2, -0.15) is 0 Å². The summed E-state index contributed by atoms with van der Waals surface area (Å²) in [5.74, 6) is 0.599. The molecule has 0 bridgehead atoms. The van der Waals surface area contributed by atoms with Crippen LogP contribution in [0.2, 0.25) is 0 Å². The molecule has 1 aromatic carbocycles. The molecule has 1 saturated heterocycles. The smallest absolute Gasteiger partial charge is 0.240 e. The van der Waals surface area contributed by atoms with E-state index in [1.165, 1.54) is 13.2 Å². The Morgan fingerprint density at radius 3 is 2.57 bits per heavy atom. The van der Waals surface area contributed by atoms with E-state index in [4.69, 9.17) is 4.74 Å². The largest absolute Gasteiger partial charge is 0.508 e. The van der Waals surface area contributed by atoms with Crippen LogP contribution < -0.4 is 10.1 Å². The van der Waals surface area contributed by atoms with E-state index >= 15 is 0 Å². The summed E-state index contributed by atoms with van der Waals surface area (Å²) in [6.07, 6.45) is -2.71. The van der Waals surface area contributed by atoms with Crippen LogP contribution in [-0.4, -0.2) is 49.7 Å². The summed E-state index contributed by atoms with van der Waals surface area (Å²) in [7, 11) is 1.52. The van der Waals surface area contributed by atoms with Crippen molar-refractivity contribution in [1.29, 1.82) is 0 Å². The highest BCUT2D eigenvalue weighted by atomic mass is 35.5. The molecule has 120 valence electrons. The molecule has 1 aromatic rings. The molecule has 1 fully saturated rings. The molecule has 1 atom stereocenters. The molecule has 0 aromatic heterocycles. The average Bonchev–Trinajstić information content (AvgIpc) is 2.46. The molecule has 0 saturated carbocycles. The van der Waals surface area contributed by atoms with E-state index in [9.17, 15) is 13.9 Å². The molecule has 1 heterocycles. The Kier molecular flexibility index (Phi) is 7.14. The Morgan fingerprint density at radius 2 is 2.00 bits per heavy atom. The Morgan fingerprint density at radius 1 is 1.33 bits per heavy atom. The van der Waals surface area contributed by atoms with Crippen LogP contribution in [0.15, 0.2) is 18.2 Å². The summed E-state index contributed by atoms with van der Waals surface area (Å²) >= 11 is 0. The van der Waals surface area contributed by atoms with Gasteiger partial charge in [0.1, 0.15) is 11.5 Å². The minimum absolute atomic E-state index is 0. The Hall–Kier alpha value is -1.11. The van der Waals surface area contributed by atoms with Gasteiger partial charge in [0.2, 0.25) is 6.43 Å². The number of nitrogens with zero attached hydrogens (tertiary/aromatic N) is 1. The van der Waals surface area contributed by atoms with Crippen LogP contribution >= 0.6 is 12.4 Å². The highest BCUT2D eigenvalue weighted by Gasteiger charge is 2.27. The maximum Gasteiger partial charge on any atom is 0.240 e. The van der Waals surface area contributed by atoms with Crippen molar-refractivity contribution in [3.05, 3.63) is 23.8 Å². The SMILES string of the molecule is COc1ccc(O)c([C@H](CC(F)F)N2CCNCC2)c1.Cl. The first-order valence-electron chi connectivity index (χ1n) is 6.71. The summed E-state index contributed by atoms with van der Waals surface area (Å²) in [6, 6.07) is 4.27. The van der Waals surface area contributed by atoms with E-state index in [0.29, 0.717) is 24.4 Å². The maximum absolute atomic E-state index is 12.9. The van der Waals surface area contributed by atoms with Crippen molar-refractivity contribution in [2.45, 2.75) is 18.9 Å². The predicted molar refractivity (Wildman–Crippen MR) is 79.7 cm³/mol. The highest BCUT2D eigenvalue weighted by Crippen LogP contribution is 2.35. The van der Waals surface area contributed by atoms with Crippen LogP contribution in [0.4, 0.5) is 8.78 Å². The molecule has 2 rings (SSSR count). The Labute approximate surface area is 129 Å². The van der Waals surface area contributed by atoms with Gasteiger partial charge in [-0.15, -0.1) is 12.4 Å². The van der Waals surface area contributed by atoms with Gasteiger partial charge in [-0.3, -0.25) is 4.90 Å². The van der Waals surface area contributed by atoms with Crippen LogP contribution in [0.3, 0.4) is 0 Å². The summed E-state index contributed by atoms with van der Waals surface area (Å²) in [6.45, 7) is 2.91. The number of halogens is 3. The topological polar surface area (TPSA) is 44.7 Å². The van der Waals surface area contributed by atoms with Crippen molar-refractivity contribution >= 4 is 12.4 Å². The van der Waals surface area contributed by atoms with Crippen molar-refractivity contribution in [3.63, 3.8) is 0 Å². The predicted octanol–water partition coefficient (Wildman–Crippen LogP) is 2.42.